The molecule has 41 heavy (non-hydrogen) atoms. The highest BCUT2D eigenvalue weighted by Gasteiger charge is 2.32. The summed E-state index contributed by atoms with van der Waals surface area (Å²) in [6.07, 6.45) is 7.18. The number of fused-ring (bicyclic) bond motifs is 1. The van der Waals surface area contributed by atoms with Gasteiger partial charge >= 0.3 is 0 Å². The smallest absolute Gasteiger partial charge is 0.271 e. The summed E-state index contributed by atoms with van der Waals surface area (Å²) in [7, 11) is 8.20. The number of allylic oxidation sites excluding steroid dienone is 2. The summed E-state index contributed by atoms with van der Waals surface area (Å²) in [4.78, 5) is 24.2. The predicted molar refractivity (Wildman–Crippen MR) is 176 cm³/mol. The van der Waals surface area contributed by atoms with Gasteiger partial charge in [-0.2, -0.15) is 0 Å². The van der Waals surface area contributed by atoms with Crippen molar-refractivity contribution in [2.24, 2.45) is 4.99 Å². The molecule has 0 radical (unpaired) electrons. The summed E-state index contributed by atoms with van der Waals surface area (Å²) < 4.78 is 3.64. The second-order valence-corrected chi connectivity index (χ2v) is 12.9. The fraction of sp³-hybridized carbons (Fsp3) is 0.235. The van der Waals surface area contributed by atoms with Crippen LogP contribution >= 0.6 is 27.3 Å². The monoisotopic (exact) mass is 624 g/mol. The van der Waals surface area contributed by atoms with Gasteiger partial charge in [-0.1, -0.05) is 63.7 Å². The minimum Gasteiger partial charge on any atom is -0.378 e. The summed E-state index contributed by atoms with van der Waals surface area (Å²) in [5.41, 5.74) is 9.12. The van der Waals surface area contributed by atoms with Gasteiger partial charge in [0.2, 0.25) is 0 Å². The molecule has 2 aliphatic rings. The highest BCUT2D eigenvalue weighted by molar-refractivity contribution is 9.10. The van der Waals surface area contributed by atoms with E-state index in [0.29, 0.717) is 4.53 Å². The van der Waals surface area contributed by atoms with Crippen molar-refractivity contribution in [3.05, 3.63) is 130 Å². The van der Waals surface area contributed by atoms with Crippen molar-refractivity contribution < 1.29 is 0 Å². The van der Waals surface area contributed by atoms with Crippen LogP contribution < -0.4 is 24.7 Å². The SMILES string of the molecule is CN(C)c1ccc(C=C2CCCC3=C2N=c2sc(=Cc4ccc(Br)cc4)c(=O)n2C3c2ccc(N(C)C)cc2)cc1. The highest BCUT2D eigenvalue weighted by atomic mass is 79.9. The third-order valence-corrected chi connectivity index (χ3v) is 9.29. The Bertz CT molecular complexity index is 1830. The Kier molecular flexibility index (Phi) is 7.58. The molecule has 0 bridgehead atoms. The third-order valence-electron chi connectivity index (χ3n) is 7.78. The lowest BCUT2D eigenvalue weighted by Crippen LogP contribution is -2.39. The third kappa shape index (κ3) is 5.48. The van der Waals surface area contributed by atoms with Crippen molar-refractivity contribution in [2.75, 3.05) is 38.0 Å². The highest BCUT2D eigenvalue weighted by Crippen LogP contribution is 2.41. The van der Waals surface area contributed by atoms with Crippen LogP contribution in [0.5, 0.6) is 0 Å². The molecule has 1 aromatic heterocycles. The molecule has 5 nitrogen and oxygen atoms in total. The molecular weight excluding hydrogens is 592 g/mol. The molecule has 0 fully saturated rings. The second-order valence-electron chi connectivity index (χ2n) is 11.0. The molecule has 4 aromatic rings. The number of hydrogen-bond acceptors (Lipinski definition) is 5. The molecular formula is C34H33BrN4OS. The van der Waals surface area contributed by atoms with Gasteiger partial charge in [-0.05, 0) is 95.6 Å². The Morgan fingerprint density at radius 3 is 2.05 bits per heavy atom. The second kappa shape index (κ2) is 11.3. The molecule has 1 aliphatic heterocycles. The van der Waals surface area contributed by atoms with E-state index in [9.17, 15) is 4.79 Å². The summed E-state index contributed by atoms with van der Waals surface area (Å²) in [5.74, 6) is 0. The average Bonchev–Trinajstić information content (AvgIpc) is 3.28. The molecule has 1 unspecified atom stereocenters. The van der Waals surface area contributed by atoms with E-state index in [2.05, 4.69) is 94.4 Å². The van der Waals surface area contributed by atoms with Crippen LogP contribution in [0.3, 0.4) is 0 Å². The van der Waals surface area contributed by atoms with Crippen molar-refractivity contribution in [1.29, 1.82) is 0 Å². The first-order valence-corrected chi connectivity index (χ1v) is 15.5. The summed E-state index contributed by atoms with van der Waals surface area (Å²) in [6, 6.07) is 25.1. The van der Waals surface area contributed by atoms with Gasteiger partial charge in [0.05, 0.1) is 16.3 Å². The lowest BCUT2D eigenvalue weighted by Gasteiger charge is -2.31. The zero-order valence-corrected chi connectivity index (χ0v) is 26.2. The molecule has 0 spiro atoms. The van der Waals surface area contributed by atoms with Crippen molar-refractivity contribution >= 4 is 50.8 Å². The lowest BCUT2D eigenvalue weighted by molar-refractivity contribution is 0.553. The lowest BCUT2D eigenvalue weighted by atomic mass is 9.83. The molecule has 0 N–H and O–H groups in total. The number of halogens is 1. The predicted octanol–water partition coefficient (Wildman–Crippen LogP) is 6.38. The molecule has 0 amide bonds. The number of anilines is 2. The number of hydrogen-bond donors (Lipinski definition) is 0. The quantitative estimate of drug-likeness (QED) is 0.259. The summed E-state index contributed by atoms with van der Waals surface area (Å²) in [6.45, 7) is 0. The number of thiazole rings is 1. The van der Waals surface area contributed by atoms with Crippen molar-refractivity contribution in [3.8, 4) is 0 Å². The molecule has 6 rings (SSSR count). The van der Waals surface area contributed by atoms with Crippen molar-refractivity contribution in [2.45, 2.75) is 25.3 Å². The van der Waals surface area contributed by atoms with Crippen molar-refractivity contribution in [3.63, 3.8) is 0 Å². The van der Waals surface area contributed by atoms with Gasteiger partial charge in [-0.3, -0.25) is 9.36 Å². The molecule has 2 heterocycles. The van der Waals surface area contributed by atoms with Gasteiger partial charge in [-0.15, -0.1) is 0 Å². The fourth-order valence-corrected chi connectivity index (χ4v) is 6.86. The molecule has 7 heteroatoms. The van der Waals surface area contributed by atoms with Crippen molar-refractivity contribution in [1.82, 2.24) is 4.57 Å². The van der Waals surface area contributed by atoms with Crippen LogP contribution in [0.4, 0.5) is 11.4 Å². The Balaban J connectivity index is 1.53. The molecule has 1 atom stereocenters. The van der Waals surface area contributed by atoms with E-state index in [1.807, 2.05) is 49.0 Å². The molecule has 0 saturated heterocycles. The zero-order chi connectivity index (χ0) is 28.7. The van der Waals surface area contributed by atoms with E-state index in [4.69, 9.17) is 4.99 Å². The minimum atomic E-state index is -0.177. The van der Waals surface area contributed by atoms with E-state index < -0.39 is 0 Å². The number of rotatable bonds is 5. The normalized spacial score (nSPS) is 17.7. The van der Waals surface area contributed by atoms with E-state index in [1.54, 1.807) is 0 Å². The fourth-order valence-electron chi connectivity index (χ4n) is 5.59. The molecule has 3 aromatic carbocycles. The number of benzene rings is 3. The van der Waals surface area contributed by atoms with Gasteiger partial charge in [-0.25, -0.2) is 4.99 Å². The van der Waals surface area contributed by atoms with Crippen LogP contribution in [0.2, 0.25) is 0 Å². The summed E-state index contributed by atoms with van der Waals surface area (Å²) in [5, 5.41) is 0. The standard InChI is InChI=1S/C34H33BrN4OS/c1-37(2)27-16-10-22(11-17-27)20-25-6-5-7-29-31(25)36-34-39(32(29)24-12-18-28(19-13-24)38(3)4)33(40)30(41-34)21-23-8-14-26(35)15-9-23/h8-21,32H,5-7H2,1-4H3. The minimum absolute atomic E-state index is 0.0142. The summed E-state index contributed by atoms with van der Waals surface area (Å²) >= 11 is 4.98. The maximum atomic E-state index is 14.0. The van der Waals surface area contributed by atoms with E-state index in [-0.39, 0.29) is 11.6 Å². The maximum absolute atomic E-state index is 14.0. The first-order valence-electron chi connectivity index (χ1n) is 13.8. The largest absolute Gasteiger partial charge is 0.378 e. The zero-order valence-electron chi connectivity index (χ0n) is 23.8. The van der Waals surface area contributed by atoms with Gasteiger partial charge < -0.3 is 9.80 Å². The number of nitrogens with zero attached hydrogens (tertiary/aromatic N) is 4. The van der Waals surface area contributed by atoms with Crippen LogP contribution in [0.15, 0.2) is 104 Å². The number of aromatic nitrogens is 1. The molecule has 0 saturated carbocycles. The van der Waals surface area contributed by atoms with Crippen LogP contribution in [0.25, 0.3) is 12.2 Å². The Morgan fingerprint density at radius 1 is 0.829 bits per heavy atom. The van der Waals surface area contributed by atoms with Crippen LogP contribution in [0, 0.1) is 0 Å². The molecule has 208 valence electrons. The first kappa shape index (κ1) is 27.5. The average molecular weight is 626 g/mol. The van der Waals surface area contributed by atoms with Gasteiger partial charge in [0.1, 0.15) is 0 Å². The Labute approximate surface area is 253 Å². The van der Waals surface area contributed by atoms with E-state index in [0.717, 1.165) is 51.0 Å². The van der Waals surface area contributed by atoms with Crippen LogP contribution in [0.1, 0.15) is 42.0 Å². The Morgan fingerprint density at radius 2 is 1.41 bits per heavy atom. The van der Waals surface area contributed by atoms with Gasteiger partial charge in [0.15, 0.2) is 4.80 Å². The maximum Gasteiger partial charge on any atom is 0.271 e. The van der Waals surface area contributed by atoms with Gasteiger partial charge in [0.25, 0.3) is 5.56 Å². The topological polar surface area (TPSA) is 40.8 Å². The molecule has 1 aliphatic carbocycles. The first-order chi connectivity index (χ1) is 19.8. The van der Waals surface area contributed by atoms with Crippen LogP contribution in [-0.2, 0) is 0 Å². The van der Waals surface area contributed by atoms with Gasteiger partial charge in [0, 0.05) is 44.0 Å². The van der Waals surface area contributed by atoms with E-state index >= 15 is 0 Å². The van der Waals surface area contributed by atoms with E-state index in [1.165, 1.54) is 33.7 Å². The Hall–Kier alpha value is -3.68. The van der Waals surface area contributed by atoms with Crippen LogP contribution in [-0.4, -0.2) is 32.8 Å².